The number of hydrogen-bond donors (Lipinski definition) is 4. The van der Waals surface area contributed by atoms with E-state index in [0.717, 1.165) is 0 Å². The van der Waals surface area contributed by atoms with Crippen LogP contribution in [0.15, 0.2) is 18.2 Å². The van der Waals surface area contributed by atoms with Gasteiger partial charge in [0, 0.05) is 39.0 Å². The molecule has 0 aromatic heterocycles. The standard InChI is InChI=1S/C14H23N3O5/c18-8-1-6-15-16(7-2-9-19)13-4-3-12(5-10-20)11-14(13)17(21)22/h3-4,11,15,18-20H,1-2,5-10H2. The van der Waals surface area contributed by atoms with Crippen molar-refractivity contribution in [2.75, 3.05) is 37.9 Å². The van der Waals surface area contributed by atoms with E-state index in [1.54, 1.807) is 17.1 Å². The van der Waals surface area contributed by atoms with Crippen LogP contribution in [0.25, 0.3) is 0 Å². The predicted octanol–water partition coefficient (Wildman–Crippen LogP) is 0.205. The second-order valence-electron chi connectivity index (χ2n) is 4.77. The lowest BCUT2D eigenvalue weighted by molar-refractivity contribution is -0.384. The highest BCUT2D eigenvalue weighted by Crippen LogP contribution is 2.28. The second-order valence-corrected chi connectivity index (χ2v) is 4.77. The van der Waals surface area contributed by atoms with E-state index in [4.69, 9.17) is 15.3 Å². The first-order valence-electron chi connectivity index (χ1n) is 7.25. The van der Waals surface area contributed by atoms with E-state index in [2.05, 4.69) is 5.43 Å². The number of nitro groups is 1. The third-order valence-corrected chi connectivity index (χ3v) is 3.11. The number of benzene rings is 1. The minimum absolute atomic E-state index is 0.0193. The fourth-order valence-electron chi connectivity index (χ4n) is 2.03. The van der Waals surface area contributed by atoms with Crippen LogP contribution in [0.5, 0.6) is 0 Å². The average molecular weight is 313 g/mol. The van der Waals surface area contributed by atoms with Gasteiger partial charge in [-0.05, 0) is 30.9 Å². The Hall–Kier alpha value is -1.74. The van der Waals surface area contributed by atoms with Crippen molar-refractivity contribution in [1.82, 2.24) is 5.43 Å². The molecule has 0 bridgehead atoms. The summed E-state index contributed by atoms with van der Waals surface area (Å²) in [4.78, 5) is 10.8. The van der Waals surface area contributed by atoms with Gasteiger partial charge in [-0.2, -0.15) is 0 Å². The molecule has 1 aromatic rings. The zero-order valence-corrected chi connectivity index (χ0v) is 12.4. The molecular formula is C14H23N3O5. The van der Waals surface area contributed by atoms with Crippen LogP contribution >= 0.6 is 0 Å². The Kier molecular flexibility index (Phi) is 8.38. The monoisotopic (exact) mass is 313 g/mol. The highest BCUT2D eigenvalue weighted by molar-refractivity contribution is 5.63. The van der Waals surface area contributed by atoms with Crippen LogP contribution in [-0.2, 0) is 6.42 Å². The van der Waals surface area contributed by atoms with Crippen molar-refractivity contribution in [3.8, 4) is 0 Å². The Balaban J connectivity index is 3.01. The number of hydrogen-bond acceptors (Lipinski definition) is 7. The Morgan fingerprint density at radius 1 is 1.14 bits per heavy atom. The number of anilines is 1. The number of nitrogens with zero attached hydrogens (tertiary/aromatic N) is 2. The SMILES string of the molecule is O=[N+]([O-])c1cc(CCO)ccc1N(CCCO)NCCCO. The molecule has 8 heteroatoms. The van der Waals surface area contributed by atoms with Crippen LogP contribution in [-0.4, -0.2) is 53.2 Å². The maximum atomic E-state index is 11.3. The summed E-state index contributed by atoms with van der Waals surface area (Å²) >= 11 is 0. The molecule has 1 rings (SSSR count). The van der Waals surface area contributed by atoms with Gasteiger partial charge in [0.15, 0.2) is 0 Å². The Morgan fingerprint density at radius 2 is 1.86 bits per heavy atom. The van der Waals surface area contributed by atoms with Crippen molar-refractivity contribution in [2.45, 2.75) is 19.3 Å². The van der Waals surface area contributed by atoms with Crippen LogP contribution < -0.4 is 10.4 Å². The quantitative estimate of drug-likeness (QED) is 0.262. The molecule has 0 amide bonds. The first kappa shape index (κ1) is 18.3. The molecule has 4 N–H and O–H groups in total. The maximum absolute atomic E-state index is 11.3. The maximum Gasteiger partial charge on any atom is 0.294 e. The minimum atomic E-state index is -0.462. The highest BCUT2D eigenvalue weighted by atomic mass is 16.6. The van der Waals surface area contributed by atoms with Crippen LogP contribution in [0.2, 0.25) is 0 Å². The molecule has 0 spiro atoms. The van der Waals surface area contributed by atoms with Crippen LogP contribution in [0.4, 0.5) is 11.4 Å². The first-order valence-corrected chi connectivity index (χ1v) is 7.25. The summed E-state index contributed by atoms with van der Waals surface area (Å²) in [7, 11) is 0. The number of aliphatic hydroxyl groups is 3. The van der Waals surface area contributed by atoms with Crippen molar-refractivity contribution in [3.05, 3.63) is 33.9 Å². The highest BCUT2D eigenvalue weighted by Gasteiger charge is 2.19. The summed E-state index contributed by atoms with van der Waals surface area (Å²) in [6.07, 6.45) is 1.34. The Morgan fingerprint density at radius 3 is 2.45 bits per heavy atom. The smallest absolute Gasteiger partial charge is 0.294 e. The van der Waals surface area contributed by atoms with E-state index >= 15 is 0 Å². The van der Waals surface area contributed by atoms with E-state index in [9.17, 15) is 10.1 Å². The number of hydrazine groups is 1. The number of rotatable bonds is 11. The third-order valence-electron chi connectivity index (χ3n) is 3.11. The van der Waals surface area contributed by atoms with Gasteiger partial charge in [0.25, 0.3) is 5.69 Å². The molecule has 0 aliphatic heterocycles. The van der Waals surface area contributed by atoms with Gasteiger partial charge < -0.3 is 20.3 Å². The lowest BCUT2D eigenvalue weighted by atomic mass is 10.1. The van der Waals surface area contributed by atoms with Gasteiger partial charge in [-0.3, -0.25) is 10.1 Å². The summed E-state index contributed by atoms with van der Waals surface area (Å²) in [5, 5.41) is 39.7. The zero-order chi connectivity index (χ0) is 16.4. The molecule has 0 saturated heterocycles. The number of nitrogens with one attached hydrogen (secondary N) is 1. The Labute approximate surface area is 129 Å². The van der Waals surface area contributed by atoms with E-state index in [0.29, 0.717) is 43.6 Å². The van der Waals surface area contributed by atoms with Crippen molar-refractivity contribution in [3.63, 3.8) is 0 Å². The molecule has 0 heterocycles. The van der Waals surface area contributed by atoms with E-state index in [1.807, 2.05) is 0 Å². The molecule has 8 nitrogen and oxygen atoms in total. The molecule has 0 unspecified atom stereocenters. The van der Waals surface area contributed by atoms with E-state index in [-0.39, 0.29) is 25.5 Å². The van der Waals surface area contributed by atoms with Gasteiger partial charge in [0.05, 0.1) is 4.92 Å². The fraction of sp³-hybridized carbons (Fsp3) is 0.571. The predicted molar refractivity (Wildman–Crippen MR) is 82.6 cm³/mol. The molecule has 0 radical (unpaired) electrons. The number of aliphatic hydroxyl groups excluding tert-OH is 3. The van der Waals surface area contributed by atoms with E-state index < -0.39 is 4.92 Å². The van der Waals surface area contributed by atoms with Gasteiger partial charge in [-0.25, -0.2) is 5.43 Å². The summed E-state index contributed by atoms with van der Waals surface area (Å²) in [5.74, 6) is 0. The average Bonchev–Trinajstić information content (AvgIpc) is 2.51. The van der Waals surface area contributed by atoms with Gasteiger partial charge in [0.2, 0.25) is 0 Å². The third kappa shape index (κ3) is 5.57. The van der Waals surface area contributed by atoms with Crippen molar-refractivity contribution in [1.29, 1.82) is 0 Å². The van der Waals surface area contributed by atoms with Crippen LogP contribution in [0.3, 0.4) is 0 Å². The lowest BCUT2D eigenvalue weighted by Crippen LogP contribution is -2.40. The lowest BCUT2D eigenvalue weighted by Gasteiger charge is -2.25. The molecule has 0 fully saturated rings. The van der Waals surface area contributed by atoms with E-state index in [1.165, 1.54) is 6.07 Å². The van der Waals surface area contributed by atoms with Gasteiger partial charge in [0.1, 0.15) is 5.69 Å². The van der Waals surface area contributed by atoms with Gasteiger partial charge in [-0.1, -0.05) is 6.07 Å². The molecule has 0 aliphatic carbocycles. The van der Waals surface area contributed by atoms with Gasteiger partial charge in [-0.15, -0.1) is 0 Å². The Bertz CT molecular complexity index is 470. The topological polar surface area (TPSA) is 119 Å². The summed E-state index contributed by atoms with van der Waals surface area (Å²) in [6.45, 7) is 0.812. The second kappa shape index (κ2) is 10.1. The molecule has 22 heavy (non-hydrogen) atoms. The summed E-state index contributed by atoms with van der Waals surface area (Å²) < 4.78 is 0. The normalized spacial score (nSPS) is 10.7. The minimum Gasteiger partial charge on any atom is -0.396 e. The molecule has 0 aliphatic rings. The van der Waals surface area contributed by atoms with Crippen LogP contribution in [0, 0.1) is 10.1 Å². The van der Waals surface area contributed by atoms with Crippen molar-refractivity contribution < 1.29 is 20.2 Å². The van der Waals surface area contributed by atoms with Crippen molar-refractivity contribution in [2.24, 2.45) is 0 Å². The molecule has 0 atom stereocenters. The first-order chi connectivity index (χ1) is 10.6. The molecule has 124 valence electrons. The zero-order valence-electron chi connectivity index (χ0n) is 12.4. The van der Waals surface area contributed by atoms with Crippen LogP contribution in [0.1, 0.15) is 18.4 Å². The molecule has 1 aromatic carbocycles. The van der Waals surface area contributed by atoms with Gasteiger partial charge >= 0.3 is 0 Å². The molecule has 0 saturated carbocycles. The molecular weight excluding hydrogens is 290 g/mol. The summed E-state index contributed by atoms with van der Waals surface area (Å²) in [5.41, 5.74) is 4.06. The largest absolute Gasteiger partial charge is 0.396 e. The van der Waals surface area contributed by atoms with Crippen molar-refractivity contribution >= 4 is 11.4 Å². The fourth-order valence-corrected chi connectivity index (χ4v) is 2.03. The number of nitro benzene ring substituents is 1. The summed E-state index contributed by atoms with van der Waals surface area (Å²) in [6, 6.07) is 4.82.